The molecule has 0 aromatic heterocycles. The second kappa shape index (κ2) is 5.14. The largest absolute Gasteiger partial charge is 0.507 e. The predicted molar refractivity (Wildman–Crippen MR) is 87.0 cm³/mol. The summed E-state index contributed by atoms with van der Waals surface area (Å²) in [6.45, 7) is 12.2. The van der Waals surface area contributed by atoms with Gasteiger partial charge in [-0.2, -0.15) is 0 Å². The molecular weight excluding hydrogens is 268 g/mol. The van der Waals surface area contributed by atoms with Crippen LogP contribution >= 0.6 is 11.6 Å². The van der Waals surface area contributed by atoms with Crippen LogP contribution in [-0.4, -0.2) is 5.11 Å². The second-order valence-corrected chi connectivity index (χ2v) is 6.05. The summed E-state index contributed by atoms with van der Waals surface area (Å²) in [4.78, 5) is 0. The topological polar surface area (TPSA) is 20.2 Å². The average Bonchev–Trinajstić information content (AvgIpc) is 2.40. The molecule has 0 spiro atoms. The van der Waals surface area contributed by atoms with Gasteiger partial charge in [0.2, 0.25) is 0 Å². The summed E-state index contributed by atoms with van der Waals surface area (Å²) in [5.74, 6) is 0.409. The van der Waals surface area contributed by atoms with Gasteiger partial charge in [-0.05, 0) is 98.2 Å². The van der Waals surface area contributed by atoms with Crippen molar-refractivity contribution in [1.29, 1.82) is 0 Å². The van der Waals surface area contributed by atoms with Gasteiger partial charge in [0, 0.05) is 5.02 Å². The van der Waals surface area contributed by atoms with Crippen LogP contribution in [0.2, 0.25) is 5.02 Å². The van der Waals surface area contributed by atoms with Crippen molar-refractivity contribution in [1.82, 2.24) is 0 Å². The molecule has 0 unspecified atom stereocenters. The van der Waals surface area contributed by atoms with Crippen LogP contribution in [-0.2, 0) is 0 Å². The molecule has 2 heteroatoms. The summed E-state index contributed by atoms with van der Waals surface area (Å²) in [5.41, 5.74) is 8.84. The Morgan fingerprint density at radius 3 is 1.75 bits per heavy atom. The third-order valence-electron chi connectivity index (χ3n) is 4.36. The van der Waals surface area contributed by atoms with Gasteiger partial charge in [-0.25, -0.2) is 0 Å². The molecule has 0 aliphatic heterocycles. The van der Waals surface area contributed by atoms with E-state index in [-0.39, 0.29) is 0 Å². The zero-order valence-electron chi connectivity index (χ0n) is 13.0. The Balaban J connectivity index is 2.87. The van der Waals surface area contributed by atoms with Crippen molar-refractivity contribution < 1.29 is 5.11 Å². The van der Waals surface area contributed by atoms with Crippen molar-refractivity contribution >= 4 is 11.6 Å². The summed E-state index contributed by atoms with van der Waals surface area (Å²) in [6.07, 6.45) is 0. The Labute approximate surface area is 126 Å². The van der Waals surface area contributed by atoms with Crippen LogP contribution in [0.1, 0.15) is 33.4 Å². The monoisotopic (exact) mass is 288 g/mol. The van der Waals surface area contributed by atoms with Crippen molar-refractivity contribution in [2.24, 2.45) is 0 Å². The van der Waals surface area contributed by atoms with Gasteiger partial charge in [0.1, 0.15) is 5.75 Å². The van der Waals surface area contributed by atoms with Crippen molar-refractivity contribution in [3.63, 3.8) is 0 Å². The van der Waals surface area contributed by atoms with E-state index in [1.165, 1.54) is 11.1 Å². The first kappa shape index (κ1) is 14.9. The molecular formula is C18H21ClO. The fourth-order valence-corrected chi connectivity index (χ4v) is 2.97. The first-order chi connectivity index (χ1) is 9.25. The lowest BCUT2D eigenvalue weighted by Crippen LogP contribution is -1.98. The van der Waals surface area contributed by atoms with Crippen molar-refractivity contribution in [3.8, 4) is 16.9 Å². The van der Waals surface area contributed by atoms with E-state index < -0.39 is 0 Å². The highest BCUT2D eigenvalue weighted by Gasteiger charge is 2.17. The van der Waals surface area contributed by atoms with E-state index in [1.54, 1.807) is 0 Å². The minimum atomic E-state index is 0.409. The molecule has 0 aliphatic rings. The number of hydrogen-bond acceptors (Lipinski definition) is 1. The quantitative estimate of drug-likeness (QED) is 0.728. The third-order valence-corrected chi connectivity index (χ3v) is 4.77. The smallest absolute Gasteiger partial charge is 0.121 e. The molecule has 0 amide bonds. The van der Waals surface area contributed by atoms with E-state index in [2.05, 4.69) is 26.8 Å². The van der Waals surface area contributed by atoms with E-state index >= 15 is 0 Å². The lowest BCUT2D eigenvalue weighted by Gasteiger charge is -2.20. The maximum Gasteiger partial charge on any atom is 0.121 e. The van der Waals surface area contributed by atoms with E-state index in [0.717, 1.165) is 38.4 Å². The average molecular weight is 289 g/mol. The molecule has 0 atom stereocenters. The lowest BCUT2D eigenvalue weighted by molar-refractivity contribution is 0.466. The standard InChI is InChI=1S/C18H21ClO/c1-9-8-16(19)10(2)7-15(9)17-11(3)13(5)18(20)14(6)12(17)4/h7-8,20H,1-6H3. The number of rotatable bonds is 1. The molecule has 0 fully saturated rings. The Morgan fingerprint density at radius 1 is 0.750 bits per heavy atom. The first-order valence-corrected chi connectivity index (χ1v) is 7.20. The molecule has 0 saturated carbocycles. The molecule has 2 aromatic carbocycles. The van der Waals surface area contributed by atoms with Crippen LogP contribution in [0.4, 0.5) is 0 Å². The number of hydrogen-bond donors (Lipinski definition) is 1. The normalized spacial score (nSPS) is 10.9. The van der Waals surface area contributed by atoms with Crippen LogP contribution in [0, 0.1) is 41.5 Å². The van der Waals surface area contributed by atoms with Crippen molar-refractivity contribution in [3.05, 3.63) is 50.5 Å². The van der Waals surface area contributed by atoms with E-state index in [1.807, 2.05) is 26.8 Å². The lowest BCUT2D eigenvalue weighted by atomic mass is 9.86. The highest BCUT2D eigenvalue weighted by Crippen LogP contribution is 2.39. The summed E-state index contributed by atoms with van der Waals surface area (Å²) in [6, 6.07) is 4.16. The number of aryl methyl sites for hydroxylation is 2. The fourth-order valence-electron chi connectivity index (χ4n) is 2.75. The molecule has 20 heavy (non-hydrogen) atoms. The molecule has 0 saturated heterocycles. The number of aromatic hydroxyl groups is 1. The van der Waals surface area contributed by atoms with Gasteiger partial charge >= 0.3 is 0 Å². The molecule has 2 aromatic rings. The van der Waals surface area contributed by atoms with E-state index in [9.17, 15) is 5.11 Å². The highest BCUT2D eigenvalue weighted by molar-refractivity contribution is 6.31. The van der Waals surface area contributed by atoms with Crippen molar-refractivity contribution in [2.75, 3.05) is 0 Å². The Morgan fingerprint density at radius 2 is 1.25 bits per heavy atom. The van der Waals surface area contributed by atoms with Gasteiger partial charge in [0.15, 0.2) is 0 Å². The molecule has 106 valence electrons. The van der Waals surface area contributed by atoms with Gasteiger partial charge in [0.25, 0.3) is 0 Å². The van der Waals surface area contributed by atoms with Gasteiger partial charge in [-0.3, -0.25) is 0 Å². The fraction of sp³-hybridized carbons (Fsp3) is 0.333. The summed E-state index contributed by atoms with van der Waals surface area (Å²) in [7, 11) is 0. The summed E-state index contributed by atoms with van der Waals surface area (Å²) >= 11 is 6.20. The van der Waals surface area contributed by atoms with Gasteiger partial charge < -0.3 is 5.11 Å². The zero-order chi connectivity index (χ0) is 15.2. The SMILES string of the molecule is Cc1cc(-c2c(C)c(C)c(O)c(C)c2C)c(C)cc1Cl. The maximum absolute atomic E-state index is 10.2. The predicted octanol–water partition coefficient (Wildman–Crippen LogP) is 5.56. The molecule has 0 bridgehead atoms. The van der Waals surface area contributed by atoms with Crippen LogP contribution in [0.3, 0.4) is 0 Å². The van der Waals surface area contributed by atoms with Crippen LogP contribution in [0.25, 0.3) is 11.1 Å². The van der Waals surface area contributed by atoms with Gasteiger partial charge in [0.05, 0.1) is 0 Å². The van der Waals surface area contributed by atoms with E-state index in [0.29, 0.717) is 5.75 Å². The third kappa shape index (κ3) is 2.20. The molecule has 1 nitrogen and oxygen atoms in total. The minimum Gasteiger partial charge on any atom is -0.507 e. The molecule has 0 heterocycles. The number of halogens is 1. The molecule has 1 N–H and O–H groups in total. The van der Waals surface area contributed by atoms with E-state index in [4.69, 9.17) is 11.6 Å². The first-order valence-electron chi connectivity index (χ1n) is 6.82. The second-order valence-electron chi connectivity index (χ2n) is 5.64. The molecule has 0 radical (unpaired) electrons. The Bertz CT molecular complexity index is 670. The highest BCUT2D eigenvalue weighted by atomic mass is 35.5. The Kier molecular flexibility index (Phi) is 3.84. The number of phenolic OH excluding ortho intramolecular Hbond substituents is 1. The maximum atomic E-state index is 10.2. The van der Waals surface area contributed by atoms with Gasteiger partial charge in [-0.15, -0.1) is 0 Å². The molecule has 2 rings (SSSR count). The van der Waals surface area contributed by atoms with Gasteiger partial charge in [-0.1, -0.05) is 11.6 Å². The number of phenols is 1. The Hall–Kier alpha value is -1.47. The minimum absolute atomic E-state index is 0.409. The molecule has 0 aliphatic carbocycles. The zero-order valence-corrected chi connectivity index (χ0v) is 13.7. The van der Waals surface area contributed by atoms with Crippen LogP contribution in [0.5, 0.6) is 5.75 Å². The van der Waals surface area contributed by atoms with Crippen LogP contribution in [0.15, 0.2) is 12.1 Å². The summed E-state index contributed by atoms with van der Waals surface area (Å²) in [5, 5.41) is 11.0. The van der Waals surface area contributed by atoms with Crippen molar-refractivity contribution in [2.45, 2.75) is 41.5 Å². The summed E-state index contributed by atoms with van der Waals surface area (Å²) < 4.78 is 0. The number of benzene rings is 2. The van der Waals surface area contributed by atoms with Crippen LogP contribution < -0.4 is 0 Å².